The van der Waals surface area contributed by atoms with Crippen LogP contribution in [0.3, 0.4) is 0 Å². The van der Waals surface area contributed by atoms with Crippen LogP contribution >= 0.6 is 0 Å². The van der Waals surface area contributed by atoms with Crippen molar-refractivity contribution >= 4 is 11.7 Å². The van der Waals surface area contributed by atoms with Gasteiger partial charge >= 0.3 is 5.97 Å². The predicted molar refractivity (Wildman–Crippen MR) is 77.5 cm³/mol. The Balaban J connectivity index is 2.02. The smallest absolute Gasteiger partial charge is 0.328 e. The number of rotatable bonds is 5. The van der Waals surface area contributed by atoms with E-state index in [0.29, 0.717) is 0 Å². The van der Waals surface area contributed by atoms with Crippen LogP contribution in [0.2, 0.25) is 0 Å². The Morgan fingerprint density at radius 2 is 2.24 bits per heavy atom. The van der Waals surface area contributed by atoms with E-state index in [-0.39, 0.29) is 18.2 Å². The number of nitrogens with zero attached hydrogens (tertiary/aromatic N) is 3. The fraction of sp³-hybridized carbons (Fsp3) is 0.500. The molecule has 2 heterocycles. The highest BCUT2D eigenvalue weighted by Crippen LogP contribution is 2.18. The summed E-state index contributed by atoms with van der Waals surface area (Å²) < 4.78 is 6.55. The molecule has 0 aliphatic carbocycles. The molecule has 1 N–H and O–H groups in total. The van der Waals surface area contributed by atoms with Gasteiger partial charge < -0.3 is 14.7 Å². The summed E-state index contributed by atoms with van der Waals surface area (Å²) in [5.41, 5.74) is 0.560. The number of aliphatic carboxylic acids is 1. The molecule has 0 aromatic carbocycles. The van der Waals surface area contributed by atoms with E-state index < -0.39 is 5.97 Å². The molecule has 0 saturated carbocycles. The SMILES string of the molecule is COC1CCN(c2cnn(C/C=C/C(=O)O)c(=O)c2)CC1. The van der Waals surface area contributed by atoms with Gasteiger partial charge in [-0.3, -0.25) is 4.79 Å². The zero-order valence-electron chi connectivity index (χ0n) is 11.9. The number of ether oxygens (including phenoxy) is 1. The first-order valence-electron chi connectivity index (χ1n) is 6.84. The zero-order chi connectivity index (χ0) is 15.2. The molecule has 7 nitrogen and oxygen atoms in total. The van der Waals surface area contributed by atoms with Crippen molar-refractivity contribution in [2.75, 3.05) is 25.1 Å². The van der Waals surface area contributed by atoms with Crippen LogP contribution in [0.4, 0.5) is 5.69 Å². The number of methoxy groups -OCH3 is 1. The van der Waals surface area contributed by atoms with E-state index in [1.807, 2.05) is 0 Å². The quantitative estimate of drug-likeness (QED) is 0.796. The number of piperidine rings is 1. The van der Waals surface area contributed by atoms with Crippen molar-refractivity contribution in [2.24, 2.45) is 0 Å². The Bertz CT molecular complexity index is 574. The maximum absolute atomic E-state index is 11.9. The molecule has 0 spiro atoms. The molecule has 1 aliphatic heterocycles. The lowest BCUT2D eigenvalue weighted by atomic mass is 10.1. The molecule has 1 aromatic heterocycles. The molecule has 21 heavy (non-hydrogen) atoms. The van der Waals surface area contributed by atoms with Crippen LogP contribution in [0.1, 0.15) is 12.8 Å². The fourth-order valence-corrected chi connectivity index (χ4v) is 2.34. The minimum Gasteiger partial charge on any atom is -0.478 e. The number of hydrogen-bond donors (Lipinski definition) is 1. The third-order valence-corrected chi connectivity index (χ3v) is 3.53. The molecule has 0 unspecified atom stereocenters. The Morgan fingerprint density at radius 3 is 2.81 bits per heavy atom. The Labute approximate surface area is 122 Å². The van der Waals surface area contributed by atoms with Gasteiger partial charge in [-0.05, 0) is 12.8 Å². The monoisotopic (exact) mass is 293 g/mol. The van der Waals surface area contributed by atoms with Crippen molar-refractivity contribution in [3.8, 4) is 0 Å². The van der Waals surface area contributed by atoms with Gasteiger partial charge in [0, 0.05) is 32.3 Å². The molecule has 0 radical (unpaired) electrons. The first-order chi connectivity index (χ1) is 10.1. The van der Waals surface area contributed by atoms with Gasteiger partial charge in [0.05, 0.1) is 24.5 Å². The lowest BCUT2D eigenvalue weighted by Crippen LogP contribution is -2.37. The second-order valence-corrected chi connectivity index (χ2v) is 4.90. The van der Waals surface area contributed by atoms with Crippen LogP contribution in [0.5, 0.6) is 0 Å². The minimum absolute atomic E-state index is 0.150. The number of carboxylic acids is 1. The Kier molecular flexibility index (Phi) is 5.10. The molecular formula is C14H19N3O4. The summed E-state index contributed by atoms with van der Waals surface area (Å²) in [6, 6.07) is 1.54. The van der Waals surface area contributed by atoms with E-state index in [1.165, 1.54) is 16.8 Å². The molecule has 1 saturated heterocycles. The van der Waals surface area contributed by atoms with E-state index in [9.17, 15) is 9.59 Å². The van der Waals surface area contributed by atoms with Gasteiger partial charge in [-0.1, -0.05) is 6.08 Å². The highest BCUT2D eigenvalue weighted by atomic mass is 16.5. The fourth-order valence-electron chi connectivity index (χ4n) is 2.34. The molecule has 0 atom stereocenters. The molecule has 1 aliphatic rings. The third-order valence-electron chi connectivity index (χ3n) is 3.53. The maximum Gasteiger partial charge on any atom is 0.328 e. The summed E-state index contributed by atoms with van der Waals surface area (Å²) in [5, 5.41) is 12.6. The van der Waals surface area contributed by atoms with Crippen molar-refractivity contribution in [3.05, 3.63) is 34.8 Å². The second-order valence-electron chi connectivity index (χ2n) is 4.90. The van der Waals surface area contributed by atoms with Crippen LogP contribution < -0.4 is 10.5 Å². The molecule has 1 aromatic rings. The van der Waals surface area contributed by atoms with Gasteiger partial charge in [-0.15, -0.1) is 0 Å². The number of carbonyl (C=O) groups is 1. The average molecular weight is 293 g/mol. The van der Waals surface area contributed by atoms with Gasteiger partial charge in [-0.2, -0.15) is 5.10 Å². The van der Waals surface area contributed by atoms with Crippen molar-refractivity contribution in [1.82, 2.24) is 9.78 Å². The maximum atomic E-state index is 11.9. The van der Waals surface area contributed by atoms with E-state index >= 15 is 0 Å². The topological polar surface area (TPSA) is 84.7 Å². The van der Waals surface area contributed by atoms with Crippen LogP contribution in [0.15, 0.2) is 29.2 Å². The van der Waals surface area contributed by atoms with Gasteiger partial charge in [0.25, 0.3) is 5.56 Å². The Morgan fingerprint density at radius 1 is 1.52 bits per heavy atom. The summed E-state index contributed by atoms with van der Waals surface area (Å²) in [6.07, 6.45) is 6.18. The van der Waals surface area contributed by atoms with Crippen LogP contribution in [0.25, 0.3) is 0 Å². The van der Waals surface area contributed by atoms with Crippen LogP contribution in [-0.2, 0) is 16.1 Å². The largest absolute Gasteiger partial charge is 0.478 e. The highest BCUT2D eigenvalue weighted by molar-refractivity contribution is 5.79. The summed E-state index contributed by atoms with van der Waals surface area (Å²) in [4.78, 5) is 24.4. The molecule has 7 heteroatoms. The first-order valence-corrected chi connectivity index (χ1v) is 6.84. The lowest BCUT2D eigenvalue weighted by molar-refractivity contribution is -0.131. The summed E-state index contributed by atoms with van der Waals surface area (Å²) in [7, 11) is 1.72. The summed E-state index contributed by atoms with van der Waals surface area (Å²) >= 11 is 0. The molecule has 0 bridgehead atoms. The van der Waals surface area contributed by atoms with Crippen molar-refractivity contribution in [3.63, 3.8) is 0 Å². The number of allylic oxidation sites excluding steroid dienone is 1. The number of hydrogen-bond acceptors (Lipinski definition) is 5. The van der Waals surface area contributed by atoms with E-state index in [0.717, 1.165) is 37.7 Å². The zero-order valence-corrected chi connectivity index (χ0v) is 11.9. The van der Waals surface area contributed by atoms with Gasteiger partial charge in [-0.25, -0.2) is 9.48 Å². The predicted octanol–water partition coefficient (Wildman–Crippen LogP) is 0.499. The lowest BCUT2D eigenvalue weighted by Gasteiger charge is -2.32. The normalized spacial score (nSPS) is 16.5. The molecule has 1 fully saturated rings. The van der Waals surface area contributed by atoms with E-state index in [1.54, 1.807) is 13.3 Å². The van der Waals surface area contributed by atoms with Crippen molar-refractivity contribution in [1.29, 1.82) is 0 Å². The highest BCUT2D eigenvalue weighted by Gasteiger charge is 2.19. The molecule has 114 valence electrons. The third kappa shape index (κ3) is 4.16. The number of anilines is 1. The van der Waals surface area contributed by atoms with Gasteiger partial charge in [0.2, 0.25) is 0 Å². The molecule has 2 rings (SSSR count). The number of carboxylic acid groups (broad SMARTS) is 1. The number of aromatic nitrogens is 2. The van der Waals surface area contributed by atoms with Gasteiger partial charge in [0.15, 0.2) is 0 Å². The Hall–Kier alpha value is -2.15. The van der Waals surface area contributed by atoms with Gasteiger partial charge in [0.1, 0.15) is 0 Å². The van der Waals surface area contributed by atoms with E-state index in [2.05, 4.69) is 10.00 Å². The van der Waals surface area contributed by atoms with Crippen LogP contribution in [0, 0.1) is 0 Å². The van der Waals surface area contributed by atoms with E-state index in [4.69, 9.17) is 9.84 Å². The molecular weight excluding hydrogens is 274 g/mol. The van der Waals surface area contributed by atoms with Crippen molar-refractivity contribution < 1.29 is 14.6 Å². The molecule has 0 amide bonds. The second kappa shape index (κ2) is 7.03. The standard InChI is InChI=1S/C14H19N3O4/c1-21-12-4-7-16(8-5-12)11-9-13(18)17(15-10-11)6-2-3-14(19)20/h2-3,9-10,12H,4-8H2,1H3,(H,19,20)/b3-2+. The average Bonchev–Trinajstić information content (AvgIpc) is 2.48. The van der Waals surface area contributed by atoms with Crippen molar-refractivity contribution in [2.45, 2.75) is 25.5 Å². The first kappa shape index (κ1) is 15.2. The minimum atomic E-state index is -1.04. The summed E-state index contributed by atoms with van der Waals surface area (Å²) in [5.74, 6) is -1.04. The summed E-state index contributed by atoms with van der Waals surface area (Å²) in [6.45, 7) is 1.82. The van der Waals surface area contributed by atoms with Crippen LogP contribution in [-0.4, -0.2) is 47.2 Å².